The van der Waals surface area contributed by atoms with Gasteiger partial charge in [-0.05, 0) is 46.3 Å². The lowest BCUT2D eigenvalue weighted by molar-refractivity contribution is 0.950. The first kappa shape index (κ1) is 13.1. The second-order valence-corrected chi connectivity index (χ2v) is 5.55. The maximum Gasteiger partial charge on any atom is 0.156 e. The molecule has 4 heterocycles. The summed E-state index contributed by atoms with van der Waals surface area (Å²) in [6.45, 7) is 0. The molecule has 0 unspecified atom stereocenters. The molecule has 4 aromatic rings. The number of hydrogen-bond acceptors (Lipinski definition) is 4. The highest BCUT2D eigenvalue weighted by Crippen LogP contribution is 2.23. The molecular formula is C16H10BrN5. The lowest BCUT2D eigenvalue weighted by Crippen LogP contribution is -1.96. The third kappa shape index (κ3) is 2.27. The van der Waals surface area contributed by atoms with Crippen molar-refractivity contribution in [1.29, 1.82) is 0 Å². The summed E-state index contributed by atoms with van der Waals surface area (Å²) in [5.74, 6) is 0. The molecule has 0 fully saturated rings. The molecule has 0 amide bonds. The van der Waals surface area contributed by atoms with Crippen molar-refractivity contribution in [3.63, 3.8) is 0 Å². The van der Waals surface area contributed by atoms with Gasteiger partial charge in [0.1, 0.15) is 4.60 Å². The lowest BCUT2D eigenvalue weighted by atomic mass is 10.2. The van der Waals surface area contributed by atoms with E-state index in [1.54, 1.807) is 18.6 Å². The minimum absolute atomic E-state index is 0.798. The van der Waals surface area contributed by atoms with E-state index >= 15 is 0 Å². The van der Waals surface area contributed by atoms with E-state index in [0.717, 1.165) is 32.8 Å². The predicted molar refractivity (Wildman–Crippen MR) is 87.1 cm³/mol. The topological polar surface area (TPSA) is 56.0 Å². The van der Waals surface area contributed by atoms with Crippen LogP contribution < -0.4 is 0 Å². The fourth-order valence-corrected chi connectivity index (χ4v) is 2.54. The van der Waals surface area contributed by atoms with E-state index in [2.05, 4.69) is 36.0 Å². The molecule has 4 rings (SSSR count). The van der Waals surface area contributed by atoms with Crippen LogP contribution in [0.5, 0.6) is 0 Å². The summed E-state index contributed by atoms with van der Waals surface area (Å²) < 4.78 is 2.64. The summed E-state index contributed by atoms with van der Waals surface area (Å²) in [6.07, 6.45) is 7.11. The Hall–Kier alpha value is -2.60. The van der Waals surface area contributed by atoms with Gasteiger partial charge in [-0.2, -0.15) is 5.10 Å². The Morgan fingerprint density at radius 1 is 0.864 bits per heavy atom. The molecule has 22 heavy (non-hydrogen) atoms. The highest BCUT2D eigenvalue weighted by Gasteiger charge is 2.10. The summed E-state index contributed by atoms with van der Waals surface area (Å²) in [5.41, 5.74) is 4.62. The van der Waals surface area contributed by atoms with Gasteiger partial charge in [-0.15, -0.1) is 0 Å². The fraction of sp³-hybridized carbons (Fsp3) is 0. The number of nitrogens with zero attached hydrogens (tertiary/aromatic N) is 5. The number of halogens is 1. The summed E-state index contributed by atoms with van der Waals surface area (Å²) in [4.78, 5) is 12.7. The molecule has 0 aliphatic rings. The van der Waals surface area contributed by atoms with Gasteiger partial charge in [-0.3, -0.25) is 4.98 Å². The molecule has 106 valence electrons. The van der Waals surface area contributed by atoms with Gasteiger partial charge in [0, 0.05) is 42.0 Å². The standard InChI is InChI=1S/C16H10BrN5/c17-15-2-1-12(10-20-15)14-5-8-19-16-9-13(21-22(14)16)11-3-6-18-7-4-11/h1-10H. The van der Waals surface area contributed by atoms with Gasteiger partial charge >= 0.3 is 0 Å². The number of hydrogen-bond donors (Lipinski definition) is 0. The van der Waals surface area contributed by atoms with Crippen molar-refractivity contribution < 1.29 is 0 Å². The third-order valence-corrected chi connectivity index (χ3v) is 3.83. The Bertz CT molecular complexity index is 932. The smallest absolute Gasteiger partial charge is 0.156 e. The van der Waals surface area contributed by atoms with Crippen LogP contribution in [0.25, 0.3) is 28.2 Å². The van der Waals surface area contributed by atoms with Crippen molar-refractivity contribution in [2.24, 2.45) is 0 Å². The summed E-state index contributed by atoms with van der Waals surface area (Å²) in [5, 5.41) is 4.67. The number of pyridine rings is 2. The van der Waals surface area contributed by atoms with E-state index in [1.165, 1.54) is 0 Å². The van der Waals surface area contributed by atoms with Crippen molar-refractivity contribution in [2.45, 2.75) is 0 Å². The van der Waals surface area contributed by atoms with Crippen LogP contribution in [0, 0.1) is 0 Å². The molecule has 6 heteroatoms. The van der Waals surface area contributed by atoms with E-state index in [9.17, 15) is 0 Å². The Morgan fingerprint density at radius 3 is 2.50 bits per heavy atom. The third-order valence-electron chi connectivity index (χ3n) is 3.36. The van der Waals surface area contributed by atoms with E-state index in [1.807, 2.05) is 47.1 Å². The van der Waals surface area contributed by atoms with Crippen LogP contribution in [-0.4, -0.2) is 24.6 Å². The van der Waals surface area contributed by atoms with Crippen molar-refractivity contribution in [1.82, 2.24) is 24.6 Å². The number of fused-ring (bicyclic) bond motifs is 1. The Morgan fingerprint density at radius 2 is 1.73 bits per heavy atom. The first-order chi connectivity index (χ1) is 10.8. The van der Waals surface area contributed by atoms with E-state index in [-0.39, 0.29) is 0 Å². The highest BCUT2D eigenvalue weighted by atomic mass is 79.9. The average Bonchev–Trinajstić information content (AvgIpc) is 3.01. The monoisotopic (exact) mass is 351 g/mol. The second-order valence-electron chi connectivity index (χ2n) is 4.74. The zero-order chi connectivity index (χ0) is 14.9. The summed E-state index contributed by atoms with van der Waals surface area (Å²) in [6, 6.07) is 11.7. The zero-order valence-electron chi connectivity index (χ0n) is 11.4. The van der Waals surface area contributed by atoms with Crippen molar-refractivity contribution in [3.8, 4) is 22.5 Å². The van der Waals surface area contributed by atoms with Gasteiger partial charge in [0.25, 0.3) is 0 Å². The van der Waals surface area contributed by atoms with E-state index < -0.39 is 0 Å². The minimum atomic E-state index is 0.798. The molecule has 0 aliphatic heterocycles. The quantitative estimate of drug-likeness (QED) is 0.517. The van der Waals surface area contributed by atoms with Gasteiger partial charge in [-0.25, -0.2) is 14.5 Å². The molecule has 0 saturated heterocycles. The molecule has 0 spiro atoms. The largest absolute Gasteiger partial charge is 0.265 e. The normalized spacial score (nSPS) is 11.0. The molecule has 0 atom stereocenters. The van der Waals surface area contributed by atoms with Crippen LogP contribution in [0.4, 0.5) is 0 Å². The SMILES string of the molecule is Brc1ccc(-c2ccnc3cc(-c4ccncc4)nn23)cn1. The van der Waals surface area contributed by atoms with Crippen LogP contribution in [0.15, 0.2) is 65.8 Å². The molecule has 0 aliphatic carbocycles. The summed E-state index contributed by atoms with van der Waals surface area (Å²) in [7, 11) is 0. The molecular weight excluding hydrogens is 342 g/mol. The van der Waals surface area contributed by atoms with Gasteiger partial charge < -0.3 is 0 Å². The molecule has 5 nitrogen and oxygen atoms in total. The number of aromatic nitrogens is 5. The van der Waals surface area contributed by atoms with E-state index in [0.29, 0.717) is 0 Å². The predicted octanol–water partition coefficient (Wildman–Crippen LogP) is 3.62. The van der Waals surface area contributed by atoms with E-state index in [4.69, 9.17) is 0 Å². The molecule has 0 bridgehead atoms. The Balaban J connectivity index is 1.90. The van der Waals surface area contributed by atoms with Crippen molar-refractivity contribution >= 4 is 21.6 Å². The van der Waals surface area contributed by atoms with Gasteiger partial charge in [-0.1, -0.05) is 0 Å². The molecule has 0 radical (unpaired) electrons. The first-order valence-electron chi connectivity index (χ1n) is 6.68. The van der Waals surface area contributed by atoms with Crippen LogP contribution in [0.2, 0.25) is 0 Å². The van der Waals surface area contributed by atoms with Crippen LogP contribution in [0.3, 0.4) is 0 Å². The molecule has 0 aromatic carbocycles. The zero-order valence-corrected chi connectivity index (χ0v) is 13.0. The van der Waals surface area contributed by atoms with Gasteiger partial charge in [0.15, 0.2) is 5.65 Å². The lowest BCUT2D eigenvalue weighted by Gasteiger charge is -2.03. The maximum absolute atomic E-state index is 4.67. The van der Waals surface area contributed by atoms with Crippen molar-refractivity contribution in [3.05, 3.63) is 65.8 Å². The second kappa shape index (κ2) is 5.31. The number of rotatable bonds is 2. The van der Waals surface area contributed by atoms with Crippen molar-refractivity contribution in [2.75, 3.05) is 0 Å². The summed E-state index contributed by atoms with van der Waals surface area (Å²) >= 11 is 3.35. The van der Waals surface area contributed by atoms with Crippen LogP contribution in [0.1, 0.15) is 0 Å². The minimum Gasteiger partial charge on any atom is -0.265 e. The first-order valence-corrected chi connectivity index (χ1v) is 7.48. The molecule has 0 saturated carbocycles. The van der Waals surface area contributed by atoms with Crippen LogP contribution in [-0.2, 0) is 0 Å². The van der Waals surface area contributed by atoms with Gasteiger partial charge in [0.2, 0.25) is 0 Å². The molecule has 4 aromatic heterocycles. The Kier molecular flexibility index (Phi) is 3.16. The Labute approximate surface area is 134 Å². The van der Waals surface area contributed by atoms with Gasteiger partial charge in [0.05, 0.1) is 11.4 Å². The fourth-order valence-electron chi connectivity index (χ4n) is 2.30. The maximum atomic E-state index is 4.67. The van der Waals surface area contributed by atoms with Crippen LogP contribution >= 0.6 is 15.9 Å². The average molecular weight is 352 g/mol. The highest BCUT2D eigenvalue weighted by molar-refractivity contribution is 9.10. The molecule has 0 N–H and O–H groups in total.